The predicted octanol–water partition coefficient (Wildman–Crippen LogP) is 3.56. The Hall–Kier alpha value is -1.89. The zero-order valence-corrected chi connectivity index (χ0v) is 12.7. The highest BCUT2D eigenvalue weighted by Gasteiger charge is 2.09. The van der Waals surface area contributed by atoms with E-state index in [1.165, 1.54) is 12.4 Å². The van der Waals surface area contributed by atoms with Crippen molar-refractivity contribution in [3.63, 3.8) is 0 Å². The predicted molar refractivity (Wildman–Crippen MR) is 80.1 cm³/mol. The number of nitrogens with zero attached hydrogens (tertiary/aromatic N) is 2. The molecule has 20 heavy (non-hydrogen) atoms. The van der Waals surface area contributed by atoms with Crippen LogP contribution < -0.4 is 15.4 Å². The van der Waals surface area contributed by atoms with Gasteiger partial charge in [-0.2, -0.15) is 0 Å². The second-order valence-corrected chi connectivity index (χ2v) is 4.63. The highest BCUT2D eigenvalue weighted by molar-refractivity contribution is 9.10. The fraction of sp³-hybridized carbons (Fsp3) is 0.231. The maximum absolute atomic E-state index is 13.8. The Morgan fingerprint density at radius 1 is 1.30 bits per heavy atom. The largest absolute Gasteiger partial charge is 0.491 e. The Morgan fingerprint density at radius 2 is 2.05 bits per heavy atom. The molecule has 2 aromatic rings. The Labute approximate surface area is 124 Å². The summed E-state index contributed by atoms with van der Waals surface area (Å²) < 4.78 is 19.6. The summed E-state index contributed by atoms with van der Waals surface area (Å²) in [5.41, 5.74) is 0.576. The van der Waals surface area contributed by atoms with Crippen molar-refractivity contribution in [3.8, 4) is 5.75 Å². The molecule has 0 atom stereocenters. The van der Waals surface area contributed by atoms with E-state index in [0.29, 0.717) is 28.4 Å². The van der Waals surface area contributed by atoms with Crippen molar-refractivity contribution >= 4 is 33.3 Å². The number of hydrogen-bond donors (Lipinski definition) is 2. The van der Waals surface area contributed by atoms with Crippen LogP contribution in [0.4, 0.5) is 21.7 Å². The van der Waals surface area contributed by atoms with E-state index in [9.17, 15) is 4.39 Å². The summed E-state index contributed by atoms with van der Waals surface area (Å²) in [5, 5.41) is 5.95. The summed E-state index contributed by atoms with van der Waals surface area (Å²) in [7, 11) is 1.76. The van der Waals surface area contributed by atoms with Gasteiger partial charge in [0.1, 0.15) is 22.4 Å². The van der Waals surface area contributed by atoms with Crippen LogP contribution >= 0.6 is 15.9 Å². The summed E-state index contributed by atoms with van der Waals surface area (Å²) >= 11 is 3.39. The number of aromatic nitrogens is 2. The van der Waals surface area contributed by atoms with E-state index in [2.05, 4.69) is 36.5 Å². The first kappa shape index (κ1) is 14.5. The second kappa shape index (κ2) is 6.51. The van der Waals surface area contributed by atoms with Crippen molar-refractivity contribution in [3.05, 3.63) is 34.8 Å². The van der Waals surface area contributed by atoms with Gasteiger partial charge in [0.15, 0.2) is 11.6 Å². The Kier molecular flexibility index (Phi) is 4.73. The summed E-state index contributed by atoms with van der Waals surface area (Å²) in [6.45, 7) is 2.23. The van der Waals surface area contributed by atoms with Crippen LogP contribution in [0.25, 0.3) is 0 Å². The van der Waals surface area contributed by atoms with Gasteiger partial charge in [0.25, 0.3) is 0 Å². The molecule has 1 aromatic heterocycles. The fourth-order valence-corrected chi connectivity index (χ4v) is 2.12. The number of ether oxygens (including phenoxy) is 1. The van der Waals surface area contributed by atoms with E-state index in [1.54, 1.807) is 19.2 Å². The van der Waals surface area contributed by atoms with E-state index in [0.717, 1.165) is 0 Å². The third kappa shape index (κ3) is 3.16. The first-order valence-corrected chi connectivity index (χ1v) is 6.82. The minimum Gasteiger partial charge on any atom is -0.491 e. The molecule has 0 fully saturated rings. The molecule has 0 aliphatic heterocycles. The number of anilines is 3. The van der Waals surface area contributed by atoms with E-state index in [1.807, 2.05) is 6.92 Å². The highest BCUT2D eigenvalue weighted by atomic mass is 79.9. The van der Waals surface area contributed by atoms with Gasteiger partial charge in [0, 0.05) is 18.8 Å². The highest BCUT2D eigenvalue weighted by Crippen LogP contribution is 2.30. The molecular weight excluding hydrogens is 327 g/mol. The topological polar surface area (TPSA) is 59.1 Å². The smallest absolute Gasteiger partial charge is 0.167 e. The summed E-state index contributed by atoms with van der Waals surface area (Å²) in [6.07, 6.45) is 1.42. The van der Waals surface area contributed by atoms with Gasteiger partial charge in [-0.15, -0.1) is 0 Å². The first-order valence-electron chi connectivity index (χ1n) is 6.03. The van der Waals surface area contributed by atoms with Crippen LogP contribution in [-0.4, -0.2) is 23.6 Å². The molecule has 0 amide bonds. The normalized spacial score (nSPS) is 10.2. The average molecular weight is 341 g/mol. The quantitative estimate of drug-likeness (QED) is 0.871. The summed E-state index contributed by atoms with van der Waals surface area (Å²) in [4.78, 5) is 8.16. The Bertz CT molecular complexity index is 609. The molecule has 0 spiro atoms. The van der Waals surface area contributed by atoms with Crippen LogP contribution in [0.15, 0.2) is 29.0 Å². The summed E-state index contributed by atoms with van der Waals surface area (Å²) in [5.74, 6) is 1.01. The summed E-state index contributed by atoms with van der Waals surface area (Å²) in [6, 6.07) is 4.66. The van der Waals surface area contributed by atoms with Crippen LogP contribution in [0.3, 0.4) is 0 Å². The van der Waals surface area contributed by atoms with Crippen LogP contribution in [0.1, 0.15) is 6.92 Å². The molecule has 0 bridgehead atoms. The molecule has 7 heteroatoms. The number of halogens is 2. The molecule has 2 N–H and O–H groups in total. The van der Waals surface area contributed by atoms with Gasteiger partial charge in [-0.05, 0) is 35.0 Å². The molecule has 1 heterocycles. The first-order chi connectivity index (χ1) is 9.65. The van der Waals surface area contributed by atoms with Crippen molar-refractivity contribution in [2.75, 3.05) is 24.3 Å². The van der Waals surface area contributed by atoms with E-state index in [4.69, 9.17) is 4.74 Å². The molecule has 0 unspecified atom stereocenters. The number of rotatable bonds is 5. The molecule has 106 valence electrons. The van der Waals surface area contributed by atoms with Gasteiger partial charge < -0.3 is 15.4 Å². The minimum atomic E-state index is -0.420. The van der Waals surface area contributed by atoms with Crippen LogP contribution in [0.5, 0.6) is 5.75 Å². The van der Waals surface area contributed by atoms with Crippen molar-refractivity contribution < 1.29 is 9.13 Å². The Balaban J connectivity index is 2.24. The molecular formula is C13H14BrFN4O. The molecule has 0 aliphatic rings. The zero-order chi connectivity index (χ0) is 14.5. The van der Waals surface area contributed by atoms with Gasteiger partial charge in [-0.1, -0.05) is 0 Å². The molecule has 0 aliphatic carbocycles. The minimum absolute atomic E-state index is 0.232. The molecule has 2 rings (SSSR count). The van der Waals surface area contributed by atoms with Gasteiger partial charge in [0.2, 0.25) is 0 Å². The second-order valence-electron chi connectivity index (χ2n) is 3.84. The van der Waals surface area contributed by atoms with Crippen molar-refractivity contribution in [1.82, 2.24) is 9.97 Å². The average Bonchev–Trinajstić information content (AvgIpc) is 2.44. The number of hydrogen-bond acceptors (Lipinski definition) is 5. The maximum Gasteiger partial charge on any atom is 0.167 e. The van der Waals surface area contributed by atoms with Crippen LogP contribution in [0, 0.1) is 5.82 Å². The van der Waals surface area contributed by atoms with Gasteiger partial charge >= 0.3 is 0 Å². The maximum atomic E-state index is 13.8. The van der Waals surface area contributed by atoms with Gasteiger partial charge in [-0.25, -0.2) is 14.4 Å². The van der Waals surface area contributed by atoms with E-state index in [-0.39, 0.29) is 5.75 Å². The number of nitrogens with one attached hydrogen (secondary N) is 2. The standard InChI is InChI=1S/C13H14BrFN4O/c1-3-20-10-5-4-8(6-9(10)15)19-13-11(14)12(16-2)17-7-18-13/h4-7H,3H2,1-2H3,(H2,16,17,18,19). The van der Waals surface area contributed by atoms with Crippen molar-refractivity contribution in [1.29, 1.82) is 0 Å². The molecule has 0 saturated carbocycles. The van der Waals surface area contributed by atoms with Crippen molar-refractivity contribution in [2.24, 2.45) is 0 Å². The lowest BCUT2D eigenvalue weighted by Crippen LogP contribution is -2.01. The van der Waals surface area contributed by atoms with E-state index >= 15 is 0 Å². The lowest BCUT2D eigenvalue weighted by atomic mass is 10.3. The molecule has 0 saturated heterocycles. The van der Waals surface area contributed by atoms with Crippen LogP contribution in [0.2, 0.25) is 0 Å². The Morgan fingerprint density at radius 3 is 2.70 bits per heavy atom. The van der Waals surface area contributed by atoms with Gasteiger partial charge in [0.05, 0.1) is 6.61 Å². The number of benzene rings is 1. The zero-order valence-electron chi connectivity index (χ0n) is 11.1. The molecule has 1 aromatic carbocycles. The molecule has 0 radical (unpaired) electrons. The fourth-order valence-electron chi connectivity index (χ4n) is 1.62. The molecule has 5 nitrogen and oxygen atoms in total. The third-order valence-electron chi connectivity index (χ3n) is 2.52. The van der Waals surface area contributed by atoms with Crippen molar-refractivity contribution in [2.45, 2.75) is 6.92 Å². The SMILES string of the molecule is CCOc1ccc(Nc2ncnc(NC)c2Br)cc1F. The van der Waals surface area contributed by atoms with Gasteiger partial charge in [-0.3, -0.25) is 0 Å². The monoisotopic (exact) mass is 340 g/mol. The van der Waals surface area contributed by atoms with E-state index < -0.39 is 5.82 Å². The van der Waals surface area contributed by atoms with Crippen LogP contribution in [-0.2, 0) is 0 Å². The lowest BCUT2D eigenvalue weighted by Gasteiger charge is -2.11. The lowest BCUT2D eigenvalue weighted by molar-refractivity contribution is 0.321. The third-order valence-corrected chi connectivity index (χ3v) is 3.27.